The zero-order chi connectivity index (χ0) is 16.1. The fourth-order valence-corrected chi connectivity index (χ4v) is 3.20. The predicted molar refractivity (Wildman–Crippen MR) is 92.1 cm³/mol. The van der Waals surface area contributed by atoms with E-state index in [2.05, 4.69) is 4.74 Å². The highest BCUT2D eigenvalue weighted by Gasteiger charge is 2.33. The van der Waals surface area contributed by atoms with E-state index in [9.17, 15) is 9.59 Å². The van der Waals surface area contributed by atoms with Gasteiger partial charge in [0, 0.05) is 0 Å². The van der Waals surface area contributed by atoms with Gasteiger partial charge in [0.2, 0.25) is 0 Å². The number of thioether (sulfide) groups is 1. The highest BCUT2D eigenvalue weighted by atomic mass is 32.2. The fraction of sp³-hybridized carbons (Fsp3) is 0.188. The van der Waals surface area contributed by atoms with E-state index in [4.69, 9.17) is 12.2 Å². The SMILES string of the molecule is COC(=O)CN1C(=O)/C(=C\C(C)=C\c2ccccc2)SC1=S. The summed E-state index contributed by atoms with van der Waals surface area (Å²) in [5.41, 5.74) is 1.99. The molecule has 1 aromatic carbocycles. The Balaban J connectivity index is 2.16. The van der Waals surface area contributed by atoms with Gasteiger partial charge in [0.05, 0.1) is 12.0 Å². The van der Waals surface area contributed by atoms with Crippen molar-refractivity contribution in [2.45, 2.75) is 6.92 Å². The van der Waals surface area contributed by atoms with Crippen LogP contribution in [-0.4, -0.2) is 34.8 Å². The van der Waals surface area contributed by atoms with E-state index in [1.807, 2.05) is 43.3 Å². The van der Waals surface area contributed by atoms with E-state index in [-0.39, 0.29) is 12.5 Å². The van der Waals surface area contributed by atoms with Gasteiger partial charge in [0.25, 0.3) is 5.91 Å². The minimum Gasteiger partial charge on any atom is -0.468 e. The standard InChI is InChI=1S/C16H15NO3S2/c1-11(8-12-6-4-3-5-7-12)9-13-15(19)17(16(21)22-13)10-14(18)20-2/h3-9H,10H2,1-2H3/b11-8+,13-9+. The Hall–Kier alpha value is -1.92. The average molecular weight is 333 g/mol. The summed E-state index contributed by atoms with van der Waals surface area (Å²) in [4.78, 5) is 25.4. The van der Waals surface area contributed by atoms with Crippen molar-refractivity contribution in [3.63, 3.8) is 0 Å². The number of amides is 1. The van der Waals surface area contributed by atoms with Gasteiger partial charge in [0.1, 0.15) is 10.9 Å². The molecule has 1 aliphatic rings. The zero-order valence-corrected chi connectivity index (χ0v) is 13.9. The maximum absolute atomic E-state index is 12.3. The van der Waals surface area contributed by atoms with Gasteiger partial charge in [-0.1, -0.05) is 60.4 Å². The number of nitrogens with zero attached hydrogens (tertiary/aromatic N) is 1. The van der Waals surface area contributed by atoms with Gasteiger partial charge in [-0.05, 0) is 24.1 Å². The molecule has 0 bridgehead atoms. The lowest BCUT2D eigenvalue weighted by molar-refractivity contribution is -0.143. The molecule has 1 heterocycles. The van der Waals surface area contributed by atoms with Gasteiger partial charge in [-0.25, -0.2) is 0 Å². The van der Waals surface area contributed by atoms with Crippen LogP contribution in [0.5, 0.6) is 0 Å². The lowest BCUT2D eigenvalue weighted by atomic mass is 10.1. The van der Waals surface area contributed by atoms with E-state index >= 15 is 0 Å². The number of thiocarbonyl (C=S) groups is 1. The Morgan fingerprint density at radius 1 is 1.36 bits per heavy atom. The molecular weight excluding hydrogens is 318 g/mol. The number of hydrogen-bond acceptors (Lipinski definition) is 5. The minimum atomic E-state index is -0.492. The molecule has 1 aromatic rings. The fourth-order valence-electron chi connectivity index (χ4n) is 1.89. The first-order valence-electron chi connectivity index (χ1n) is 6.57. The van der Waals surface area contributed by atoms with Crippen LogP contribution in [0, 0.1) is 0 Å². The third-order valence-corrected chi connectivity index (χ3v) is 4.32. The van der Waals surface area contributed by atoms with Crippen molar-refractivity contribution in [2.75, 3.05) is 13.7 Å². The van der Waals surface area contributed by atoms with Gasteiger partial charge in [0.15, 0.2) is 0 Å². The van der Waals surface area contributed by atoms with Crippen molar-refractivity contribution in [1.29, 1.82) is 0 Å². The van der Waals surface area contributed by atoms with Crippen molar-refractivity contribution >= 4 is 46.3 Å². The van der Waals surface area contributed by atoms with Crippen LogP contribution in [0.4, 0.5) is 0 Å². The molecule has 2 rings (SSSR count). The van der Waals surface area contributed by atoms with Crippen molar-refractivity contribution in [3.8, 4) is 0 Å². The van der Waals surface area contributed by atoms with Crippen LogP contribution in [0.1, 0.15) is 12.5 Å². The molecule has 1 amide bonds. The number of allylic oxidation sites excluding steroid dienone is 2. The molecule has 1 fully saturated rings. The Labute approximate surface area is 138 Å². The largest absolute Gasteiger partial charge is 0.468 e. The molecule has 0 atom stereocenters. The van der Waals surface area contributed by atoms with Crippen LogP contribution in [0.2, 0.25) is 0 Å². The zero-order valence-electron chi connectivity index (χ0n) is 12.2. The Morgan fingerprint density at radius 2 is 2.05 bits per heavy atom. The summed E-state index contributed by atoms with van der Waals surface area (Å²) in [6.07, 6.45) is 3.76. The predicted octanol–water partition coefficient (Wildman–Crippen LogP) is 3.01. The Kier molecular flexibility index (Phi) is 5.51. The van der Waals surface area contributed by atoms with Gasteiger partial charge in [-0.15, -0.1) is 0 Å². The normalized spacial score (nSPS) is 17.3. The van der Waals surface area contributed by atoms with Gasteiger partial charge in [-0.3, -0.25) is 14.5 Å². The number of hydrogen-bond donors (Lipinski definition) is 0. The van der Waals surface area contributed by atoms with Gasteiger partial charge < -0.3 is 4.74 Å². The molecule has 6 heteroatoms. The summed E-state index contributed by atoms with van der Waals surface area (Å²) in [6, 6.07) is 9.83. The molecule has 1 saturated heterocycles. The number of esters is 1. The van der Waals surface area contributed by atoms with E-state index in [0.29, 0.717) is 9.23 Å². The van der Waals surface area contributed by atoms with E-state index in [1.54, 1.807) is 6.08 Å². The van der Waals surface area contributed by atoms with Crippen molar-refractivity contribution < 1.29 is 14.3 Å². The molecule has 0 saturated carbocycles. The maximum atomic E-state index is 12.3. The lowest BCUT2D eigenvalue weighted by Crippen LogP contribution is -2.34. The second-order valence-electron chi connectivity index (χ2n) is 4.64. The van der Waals surface area contributed by atoms with Crippen LogP contribution in [0.25, 0.3) is 6.08 Å². The Bertz CT molecular complexity index is 665. The monoisotopic (exact) mass is 333 g/mol. The van der Waals surface area contributed by atoms with Crippen LogP contribution in [0.15, 0.2) is 46.9 Å². The number of rotatable bonds is 4. The molecule has 114 valence electrons. The first-order valence-corrected chi connectivity index (χ1v) is 7.79. The van der Waals surface area contributed by atoms with E-state index < -0.39 is 5.97 Å². The highest BCUT2D eigenvalue weighted by Crippen LogP contribution is 2.31. The van der Waals surface area contributed by atoms with E-state index in [0.717, 1.165) is 11.1 Å². The maximum Gasteiger partial charge on any atom is 0.325 e. The van der Waals surface area contributed by atoms with Crippen LogP contribution < -0.4 is 0 Å². The van der Waals surface area contributed by atoms with Crippen molar-refractivity contribution in [1.82, 2.24) is 4.90 Å². The number of benzene rings is 1. The van der Waals surface area contributed by atoms with Crippen LogP contribution >= 0.6 is 24.0 Å². The third-order valence-electron chi connectivity index (χ3n) is 2.94. The molecule has 4 nitrogen and oxygen atoms in total. The van der Waals surface area contributed by atoms with Crippen LogP contribution in [-0.2, 0) is 14.3 Å². The average Bonchev–Trinajstić information content (AvgIpc) is 2.75. The van der Waals surface area contributed by atoms with Crippen molar-refractivity contribution in [3.05, 3.63) is 52.4 Å². The third kappa shape index (κ3) is 4.05. The first-order chi connectivity index (χ1) is 10.5. The molecule has 0 N–H and O–H groups in total. The minimum absolute atomic E-state index is 0.153. The number of carbonyl (C=O) groups is 2. The summed E-state index contributed by atoms with van der Waals surface area (Å²) in [7, 11) is 1.28. The quantitative estimate of drug-likeness (QED) is 0.481. The molecule has 1 aliphatic heterocycles. The molecule has 0 spiro atoms. The number of ether oxygens (including phenoxy) is 1. The summed E-state index contributed by atoms with van der Waals surface area (Å²) in [5, 5.41) is 0. The number of methoxy groups -OCH3 is 1. The molecule has 0 aromatic heterocycles. The molecule has 22 heavy (non-hydrogen) atoms. The molecule has 0 radical (unpaired) electrons. The summed E-state index contributed by atoms with van der Waals surface area (Å²) in [6.45, 7) is 1.76. The first kappa shape index (κ1) is 16.5. The van der Waals surface area contributed by atoms with Gasteiger partial charge in [-0.2, -0.15) is 0 Å². The summed E-state index contributed by atoms with van der Waals surface area (Å²) >= 11 is 6.34. The Morgan fingerprint density at radius 3 is 2.68 bits per heavy atom. The second-order valence-corrected chi connectivity index (χ2v) is 6.32. The summed E-state index contributed by atoms with van der Waals surface area (Å²) < 4.78 is 4.94. The molecule has 0 aliphatic carbocycles. The smallest absolute Gasteiger partial charge is 0.325 e. The topological polar surface area (TPSA) is 46.6 Å². The van der Waals surface area contributed by atoms with Crippen molar-refractivity contribution in [2.24, 2.45) is 0 Å². The second kappa shape index (κ2) is 7.38. The van der Waals surface area contributed by atoms with Crippen LogP contribution in [0.3, 0.4) is 0 Å². The van der Waals surface area contributed by atoms with E-state index in [1.165, 1.54) is 23.8 Å². The molecular formula is C16H15NO3S2. The highest BCUT2D eigenvalue weighted by molar-refractivity contribution is 8.26. The van der Waals surface area contributed by atoms with Gasteiger partial charge >= 0.3 is 5.97 Å². The summed E-state index contributed by atoms with van der Waals surface area (Å²) in [5.74, 6) is -0.754. The number of carbonyl (C=O) groups excluding carboxylic acids is 2. The lowest BCUT2D eigenvalue weighted by Gasteiger charge is -2.11. The molecule has 0 unspecified atom stereocenters.